The minimum atomic E-state index is -0.376. The van der Waals surface area contributed by atoms with Gasteiger partial charge in [-0.25, -0.2) is 4.39 Å². The highest BCUT2D eigenvalue weighted by Crippen LogP contribution is 2.31. The average Bonchev–Trinajstić information content (AvgIpc) is 3.26. The number of halogens is 1. The second kappa shape index (κ2) is 12.1. The number of carbonyl (C=O) groups excluding carboxylic acids is 2. The number of Topliss-reactive ketones (excluding diaryl/α,β-unsaturated/α-hetero) is 1. The monoisotopic (exact) mass is 485 g/mol. The lowest BCUT2D eigenvalue weighted by Gasteiger charge is -2.25. The summed E-state index contributed by atoms with van der Waals surface area (Å²) in [5.41, 5.74) is 1.46. The van der Waals surface area contributed by atoms with Crippen molar-refractivity contribution in [3.05, 3.63) is 59.4 Å². The normalized spacial score (nSPS) is 18.3. The lowest BCUT2D eigenvalue weighted by Crippen LogP contribution is -2.35. The highest BCUT2D eigenvalue weighted by molar-refractivity contribution is 5.95. The number of esters is 1. The average molecular weight is 486 g/mol. The zero-order valence-electron chi connectivity index (χ0n) is 19.8. The zero-order valence-corrected chi connectivity index (χ0v) is 19.8. The van der Waals surface area contributed by atoms with Crippen molar-refractivity contribution in [3.8, 4) is 11.5 Å². The summed E-state index contributed by atoms with van der Waals surface area (Å²) in [5, 5.41) is 9.87. The number of aliphatic hydroxyl groups excluding tert-OH is 1. The van der Waals surface area contributed by atoms with Crippen LogP contribution < -0.4 is 9.47 Å². The Morgan fingerprint density at radius 1 is 1.06 bits per heavy atom. The van der Waals surface area contributed by atoms with E-state index in [-0.39, 0.29) is 36.2 Å². The number of hydrogen-bond acceptors (Lipinski definition) is 7. The van der Waals surface area contributed by atoms with Gasteiger partial charge in [-0.15, -0.1) is 0 Å². The molecule has 2 aromatic carbocycles. The number of ether oxygens (including phenoxy) is 3. The zero-order chi connectivity index (χ0) is 24.6. The summed E-state index contributed by atoms with van der Waals surface area (Å²) < 4.78 is 30.1. The molecular weight excluding hydrogens is 453 g/mol. The highest BCUT2D eigenvalue weighted by atomic mass is 19.1. The fraction of sp³-hybridized carbons (Fsp3) is 0.481. The highest BCUT2D eigenvalue weighted by Gasteiger charge is 2.26. The van der Waals surface area contributed by atoms with Crippen LogP contribution >= 0.6 is 0 Å². The SMILES string of the molecule is O=C(CCCCC(=O)c1ccc(F)cc1)O[C@@H](Cc1ccc2c(c1)OCCO2)CN1CC[C@H](O)C1. The van der Waals surface area contributed by atoms with E-state index >= 15 is 0 Å². The van der Waals surface area contributed by atoms with Gasteiger partial charge in [-0.1, -0.05) is 6.07 Å². The van der Waals surface area contributed by atoms with E-state index in [0.29, 0.717) is 75.5 Å². The first-order chi connectivity index (χ1) is 17.0. The van der Waals surface area contributed by atoms with Crippen molar-refractivity contribution >= 4 is 11.8 Å². The number of aliphatic hydroxyl groups is 1. The van der Waals surface area contributed by atoms with Gasteiger partial charge in [-0.05, 0) is 61.2 Å². The minimum absolute atomic E-state index is 0.0672. The van der Waals surface area contributed by atoms with E-state index in [4.69, 9.17) is 14.2 Å². The number of likely N-dealkylation sites (tertiary alicyclic amines) is 1. The third kappa shape index (κ3) is 7.50. The van der Waals surface area contributed by atoms with Crippen molar-refractivity contribution in [1.29, 1.82) is 0 Å². The lowest BCUT2D eigenvalue weighted by atomic mass is 10.0. The molecule has 188 valence electrons. The van der Waals surface area contributed by atoms with Crippen LogP contribution in [0.3, 0.4) is 0 Å². The number of ketones is 1. The minimum Gasteiger partial charge on any atom is -0.486 e. The predicted octanol–water partition coefficient (Wildman–Crippen LogP) is 3.56. The molecule has 0 bridgehead atoms. The molecule has 2 heterocycles. The predicted molar refractivity (Wildman–Crippen MR) is 127 cm³/mol. The van der Waals surface area contributed by atoms with Gasteiger partial charge in [0, 0.05) is 44.5 Å². The summed E-state index contributed by atoms with van der Waals surface area (Å²) in [6.45, 7) is 2.91. The number of β-amino-alcohol motifs (C(OH)–C–C–N with tert-alkyl or cyclic N) is 1. The van der Waals surface area contributed by atoms with E-state index in [1.165, 1.54) is 24.3 Å². The van der Waals surface area contributed by atoms with E-state index in [9.17, 15) is 19.1 Å². The van der Waals surface area contributed by atoms with Crippen LogP contribution in [0.4, 0.5) is 4.39 Å². The topological polar surface area (TPSA) is 85.3 Å². The standard InChI is InChI=1S/C27H32FNO6/c28-21-8-6-20(7-9-21)24(31)3-1-2-4-27(32)35-23(18-29-12-11-22(30)17-29)15-19-5-10-25-26(16-19)34-14-13-33-25/h5-10,16,22-23,30H,1-4,11-15,17-18H2/t22-,23-/m0/s1. The summed E-state index contributed by atoms with van der Waals surface area (Å²) in [5.74, 6) is 0.662. The van der Waals surface area contributed by atoms with Crippen LogP contribution in [-0.4, -0.2) is 66.8 Å². The molecule has 0 spiro atoms. The molecule has 7 nitrogen and oxygen atoms in total. The van der Waals surface area contributed by atoms with Gasteiger partial charge in [-0.3, -0.25) is 14.5 Å². The van der Waals surface area contributed by atoms with Crippen molar-refractivity contribution in [2.75, 3.05) is 32.8 Å². The fourth-order valence-electron chi connectivity index (χ4n) is 4.47. The van der Waals surface area contributed by atoms with Crippen molar-refractivity contribution in [3.63, 3.8) is 0 Å². The first kappa shape index (κ1) is 25.1. The van der Waals surface area contributed by atoms with Crippen molar-refractivity contribution in [1.82, 2.24) is 4.90 Å². The number of benzene rings is 2. The Morgan fingerprint density at radius 2 is 1.80 bits per heavy atom. The van der Waals surface area contributed by atoms with Crippen LogP contribution in [0.1, 0.15) is 48.0 Å². The van der Waals surface area contributed by atoms with E-state index in [0.717, 1.165) is 12.1 Å². The number of hydrogen-bond donors (Lipinski definition) is 1. The van der Waals surface area contributed by atoms with Crippen LogP contribution in [0.2, 0.25) is 0 Å². The Hall–Kier alpha value is -2.97. The van der Waals surface area contributed by atoms with Gasteiger partial charge in [-0.2, -0.15) is 0 Å². The van der Waals surface area contributed by atoms with Gasteiger partial charge in [0.15, 0.2) is 17.3 Å². The van der Waals surface area contributed by atoms with Gasteiger partial charge < -0.3 is 19.3 Å². The molecule has 2 aromatic rings. The van der Waals surface area contributed by atoms with Crippen LogP contribution in [-0.2, 0) is 16.0 Å². The molecule has 35 heavy (non-hydrogen) atoms. The largest absolute Gasteiger partial charge is 0.486 e. The summed E-state index contributed by atoms with van der Waals surface area (Å²) in [6.07, 6.45) is 2.13. The van der Waals surface area contributed by atoms with E-state index < -0.39 is 0 Å². The molecule has 2 aliphatic heterocycles. The van der Waals surface area contributed by atoms with Crippen molar-refractivity contribution in [2.45, 2.75) is 50.7 Å². The Labute approximate surface area is 204 Å². The Morgan fingerprint density at radius 3 is 2.54 bits per heavy atom. The Bertz CT molecular complexity index is 1010. The maximum Gasteiger partial charge on any atom is 0.306 e. The Balaban J connectivity index is 1.28. The van der Waals surface area contributed by atoms with Crippen LogP contribution in [0.5, 0.6) is 11.5 Å². The second-order valence-corrected chi connectivity index (χ2v) is 9.13. The summed E-state index contributed by atoms with van der Waals surface area (Å²) >= 11 is 0. The molecule has 2 aliphatic rings. The molecule has 0 aromatic heterocycles. The summed E-state index contributed by atoms with van der Waals surface area (Å²) in [7, 11) is 0. The molecule has 2 atom stereocenters. The van der Waals surface area contributed by atoms with Crippen LogP contribution in [0.15, 0.2) is 42.5 Å². The molecule has 1 fully saturated rings. The second-order valence-electron chi connectivity index (χ2n) is 9.13. The molecular formula is C27H32FNO6. The van der Waals surface area contributed by atoms with Crippen molar-refractivity contribution < 1.29 is 33.3 Å². The van der Waals surface area contributed by atoms with Gasteiger partial charge in [0.05, 0.1) is 6.10 Å². The number of nitrogens with zero attached hydrogens (tertiary/aromatic N) is 1. The van der Waals surface area contributed by atoms with Gasteiger partial charge in [0.1, 0.15) is 25.1 Å². The van der Waals surface area contributed by atoms with Gasteiger partial charge in [0.2, 0.25) is 0 Å². The van der Waals surface area contributed by atoms with Crippen LogP contribution in [0, 0.1) is 5.82 Å². The molecule has 4 rings (SSSR count). The molecule has 0 aliphatic carbocycles. The van der Waals surface area contributed by atoms with E-state index in [1.54, 1.807) is 0 Å². The number of carbonyl (C=O) groups is 2. The molecule has 0 radical (unpaired) electrons. The lowest BCUT2D eigenvalue weighted by molar-refractivity contribution is -0.150. The van der Waals surface area contributed by atoms with E-state index in [1.807, 2.05) is 18.2 Å². The number of rotatable bonds is 11. The molecule has 0 amide bonds. The van der Waals surface area contributed by atoms with Gasteiger partial charge in [0.25, 0.3) is 0 Å². The quantitative estimate of drug-likeness (QED) is 0.296. The maximum absolute atomic E-state index is 13.0. The molecule has 0 saturated carbocycles. The fourth-order valence-corrected chi connectivity index (χ4v) is 4.47. The third-order valence-corrected chi connectivity index (χ3v) is 6.28. The third-order valence-electron chi connectivity index (χ3n) is 6.28. The Kier molecular flexibility index (Phi) is 8.71. The first-order valence-electron chi connectivity index (χ1n) is 12.2. The number of fused-ring (bicyclic) bond motifs is 1. The molecule has 0 unspecified atom stereocenters. The number of unbranched alkanes of at least 4 members (excludes halogenated alkanes) is 1. The van der Waals surface area contributed by atoms with Gasteiger partial charge >= 0.3 is 5.97 Å². The summed E-state index contributed by atoms with van der Waals surface area (Å²) in [6, 6.07) is 11.2. The smallest absolute Gasteiger partial charge is 0.306 e. The van der Waals surface area contributed by atoms with E-state index in [2.05, 4.69) is 4.90 Å². The molecule has 8 heteroatoms. The summed E-state index contributed by atoms with van der Waals surface area (Å²) in [4.78, 5) is 26.9. The van der Waals surface area contributed by atoms with Crippen molar-refractivity contribution in [2.24, 2.45) is 0 Å². The maximum atomic E-state index is 13.0. The molecule has 1 N–H and O–H groups in total. The molecule has 1 saturated heterocycles. The van der Waals surface area contributed by atoms with Crippen LogP contribution in [0.25, 0.3) is 0 Å². The first-order valence-corrected chi connectivity index (χ1v) is 12.2.